The van der Waals surface area contributed by atoms with Gasteiger partial charge in [-0.15, -0.1) is 0 Å². The summed E-state index contributed by atoms with van der Waals surface area (Å²) in [5, 5.41) is 20.1. The average Bonchev–Trinajstić information content (AvgIpc) is 2.96. The fraction of sp³-hybridized carbons (Fsp3) is 0.628. The van der Waals surface area contributed by atoms with Gasteiger partial charge < -0.3 is 10.2 Å². The summed E-state index contributed by atoms with van der Waals surface area (Å²) in [5.74, 6) is 0.0490. The molecule has 1 unspecified atom stereocenters. The summed E-state index contributed by atoms with van der Waals surface area (Å²) < 4.78 is 0. The van der Waals surface area contributed by atoms with Crippen molar-refractivity contribution >= 4 is 0 Å². The van der Waals surface area contributed by atoms with Crippen molar-refractivity contribution in [1.29, 1.82) is 0 Å². The molecule has 0 fully saturated rings. The van der Waals surface area contributed by atoms with Crippen molar-refractivity contribution in [3.8, 4) is 0 Å². The molecule has 0 aromatic carbocycles. The molecule has 0 spiro atoms. The standard InChI is InChI=1S/C43H72O2/c1-34(2)17-11-19-36(5)21-13-23-38(7)25-15-27-40(9)29-31-42(43(45)33-44)32-30-41(10)28-16-26-39(8)24-14-22-37(6)20-12-18-35(3)4/h17-18,21-22,25-26,29-30,42-45H,11-16,19-20,23-24,27-28,31-33H2,1-10H3. The van der Waals surface area contributed by atoms with Crippen LogP contribution >= 0.6 is 0 Å². The predicted octanol–water partition coefficient (Wildman–Crippen LogP) is 13.0. The summed E-state index contributed by atoms with van der Waals surface area (Å²) in [6.07, 6.45) is 33.0. The molecule has 2 N–H and O–H groups in total. The van der Waals surface area contributed by atoms with E-state index in [-0.39, 0.29) is 12.5 Å². The maximum Gasteiger partial charge on any atom is 0.0804 e. The lowest BCUT2D eigenvalue weighted by Crippen LogP contribution is -2.23. The molecule has 0 bridgehead atoms. The summed E-state index contributed by atoms with van der Waals surface area (Å²) >= 11 is 0. The van der Waals surface area contributed by atoms with Crippen molar-refractivity contribution in [3.05, 3.63) is 93.2 Å². The van der Waals surface area contributed by atoms with Crippen molar-refractivity contribution in [1.82, 2.24) is 0 Å². The average molecular weight is 621 g/mol. The van der Waals surface area contributed by atoms with E-state index in [2.05, 4.69) is 118 Å². The molecule has 45 heavy (non-hydrogen) atoms. The van der Waals surface area contributed by atoms with Crippen LogP contribution in [0.15, 0.2) is 93.2 Å². The number of aliphatic hydroxyl groups is 2. The van der Waals surface area contributed by atoms with Crippen LogP contribution in [-0.2, 0) is 0 Å². The Morgan fingerprint density at radius 3 is 0.889 bits per heavy atom. The van der Waals surface area contributed by atoms with E-state index < -0.39 is 6.10 Å². The molecule has 0 radical (unpaired) electrons. The number of rotatable bonds is 24. The molecule has 0 aliphatic heterocycles. The quantitative estimate of drug-likeness (QED) is 0.105. The van der Waals surface area contributed by atoms with E-state index in [0.717, 1.165) is 89.9 Å². The Kier molecular flexibility index (Phi) is 25.7. The van der Waals surface area contributed by atoms with E-state index in [1.165, 1.54) is 44.6 Å². The van der Waals surface area contributed by atoms with E-state index in [1.54, 1.807) is 0 Å². The lowest BCUT2D eigenvalue weighted by molar-refractivity contribution is 0.0487. The van der Waals surface area contributed by atoms with Gasteiger partial charge in [0, 0.05) is 0 Å². The monoisotopic (exact) mass is 621 g/mol. The van der Waals surface area contributed by atoms with Gasteiger partial charge in [-0.2, -0.15) is 0 Å². The first-order valence-electron chi connectivity index (χ1n) is 17.8. The van der Waals surface area contributed by atoms with E-state index in [4.69, 9.17) is 0 Å². The highest BCUT2D eigenvalue weighted by atomic mass is 16.3. The van der Waals surface area contributed by atoms with Gasteiger partial charge in [-0.1, -0.05) is 93.2 Å². The fourth-order valence-electron chi connectivity index (χ4n) is 5.24. The normalized spacial score (nSPS) is 15.3. The summed E-state index contributed by atoms with van der Waals surface area (Å²) in [6.45, 7) is 21.9. The summed E-state index contributed by atoms with van der Waals surface area (Å²) in [7, 11) is 0. The highest BCUT2D eigenvalue weighted by Gasteiger charge is 2.16. The first-order valence-corrected chi connectivity index (χ1v) is 17.8. The molecule has 0 saturated carbocycles. The number of hydrogen-bond donors (Lipinski definition) is 2. The van der Waals surface area contributed by atoms with E-state index in [0.29, 0.717) is 0 Å². The number of allylic oxidation sites excluding steroid dienone is 16. The molecule has 0 aliphatic rings. The lowest BCUT2D eigenvalue weighted by atomic mass is 9.92. The van der Waals surface area contributed by atoms with Gasteiger partial charge in [-0.05, 0) is 165 Å². The van der Waals surface area contributed by atoms with Crippen molar-refractivity contribution in [2.75, 3.05) is 6.61 Å². The zero-order chi connectivity index (χ0) is 34.0. The largest absolute Gasteiger partial charge is 0.394 e. The molecule has 0 heterocycles. The highest BCUT2D eigenvalue weighted by molar-refractivity contribution is 5.09. The Balaban J connectivity index is 4.63. The first kappa shape index (κ1) is 42.8. The van der Waals surface area contributed by atoms with Gasteiger partial charge >= 0.3 is 0 Å². The van der Waals surface area contributed by atoms with Crippen LogP contribution in [-0.4, -0.2) is 22.9 Å². The predicted molar refractivity (Wildman–Crippen MR) is 203 cm³/mol. The molecule has 0 amide bonds. The molecule has 2 heteroatoms. The van der Waals surface area contributed by atoms with Crippen LogP contribution in [0.25, 0.3) is 0 Å². The Hall–Kier alpha value is -2.16. The zero-order valence-corrected chi connectivity index (χ0v) is 31.3. The molecule has 0 rings (SSSR count). The van der Waals surface area contributed by atoms with Gasteiger partial charge in [-0.3, -0.25) is 0 Å². The first-order chi connectivity index (χ1) is 21.3. The maximum absolute atomic E-state index is 10.5. The van der Waals surface area contributed by atoms with Gasteiger partial charge in [0.25, 0.3) is 0 Å². The van der Waals surface area contributed by atoms with Crippen LogP contribution in [0.2, 0.25) is 0 Å². The third kappa shape index (κ3) is 26.7. The van der Waals surface area contributed by atoms with Crippen molar-refractivity contribution < 1.29 is 10.2 Å². The minimum Gasteiger partial charge on any atom is -0.394 e. The second kappa shape index (κ2) is 27.0. The molecular weight excluding hydrogens is 548 g/mol. The second-order valence-corrected chi connectivity index (χ2v) is 14.1. The zero-order valence-electron chi connectivity index (χ0n) is 31.3. The molecule has 1 atom stereocenters. The molecule has 0 aromatic rings. The summed E-state index contributed by atoms with van der Waals surface area (Å²) in [6, 6.07) is 0. The second-order valence-electron chi connectivity index (χ2n) is 14.1. The van der Waals surface area contributed by atoms with E-state index in [1.807, 2.05) is 0 Å². The molecular formula is C43H72O2. The van der Waals surface area contributed by atoms with Gasteiger partial charge in [0.15, 0.2) is 0 Å². The van der Waals surface area contributed by atoms with Crippen molar-refractivity contribution in [2.24, 2.45) is 5.92 Å². The van der Waals surface area contributed by atoms with Gasteiger partial charge in [0.1, 0.15) is 0 Å². The molecule has 256 valence electrons. The van der Waals surface area contributed by atoms with Crippen LogP contribution < -0.4 is 0 Å². The minimum absolute atomic E-state index is 0.0490. The Labute approximate surface area is 280 Å². The van der Waals surface area contributed by atoms with E-state index >= 15 is 0 Å². The molecule has 2 nitrogen and oxygen atoms in total. The summed E-state index contributed by atoms with van der Waals surface area (Å²) in [4.78, 5) is 0. The Morgan fingerprint density at radius 2 is 0.644 bits per heavy atom. The smallest absolute Gasteiger partial charge is 0.0804 e. The van der Waals surface area contributed by atoms with Crippen molar-refractivity contribution in [2.45, 2.75) is 165 Å². The number of aliphatic hydroxyl groups excluding tert-OH is 2. The van der Waals surface area contributed by atoms with Crippen LogP contribution in [0.3, 0.4) is 0 Å². The highest BCUT2D eigenvalue weighted by Crippen LogP contribution is 2.21. The SMILES string of the molecule is CC(C)=CCCC(C)=CCCC(C)=CCCC(C)=CCC(CC=C(C)CCC=C(C)CCC=C(C)CCC=C(C)C)C(O)CO. The van der Waals surface area contributed by atoms with Crippen molar-refractivity contribution in [3.63, 3.8) is 0 Å². The third-order valence-corrected chi connectivity index (χ3v) is 8.58. The van der Waals surface area contributed by atoms with Crippen LogP contribution in [0.1, 0.15) is 159 Å². The third-order valence-electron chi connectivity index (χ3n) is 8.58. The van der Waals surface area contributed by atoms with Crippen LogP contribution in [0, 0.1) is 5.92 Å². The van der Waals surface area contributed by atoms with Crippen LogP contribution in [0.4, 0.5) is 0 Å². The lowest BCUT2D eigenvalue weighted by Gasteiger charge is -2.19. The fourth-order valence-corrected chi connectivity index (χ4v) is 5.24. The van der Waals surface area contributed by atoms with Gasteiger partial charge in [-0.25, -0.2) is 0 Å². The summed E-state index contributed by atoms with van der Waals surface area (Å²) in [5.41, 5.74) is 11.4. The van der Waals surface area contributed by atoms with Gasteiger partial charge in [0.2, 0.25) is 0 Å². The number of hydrogen-bond acceptors (Lipinski definition) is 2. The molecule has 0 aliphatic carbocycles. The minimum atomic E-state index is -0.681. The van der Waals surface area contributed by atoms with Gasteiger partial charge in [0.05, 0.1) is 12.7 Å². The Bertz CT molecular complexity index is 965. The maximum atomic E-state index is 10.5. The topological polar surface area (TPSA) is 40.5 Å². The Morgan fingerprint density at radius 1 is 0.400 bits per heavy atom. The van der Waals surface area contributed by atoms with Crippen LogP contribution in [0.5, 0.6) is 0 Å². The molecule has 0 saturated heterocycles. The molecule has 0 aromatic heterocycles. The van der Waals surface area contributed by atoms with E-state index in [9.17, 15) is 10.2 Å².